The number of pyridine rings is 1. The lowest BCUT2D eigenvalue weighted by molar-refractivity contribution is 0.630. The normalized spacial score (nSPS) is 10.8. The Morgan fingerprint density at radius 2 is 1.35 bits per heavy atom. The molecule has 0 saturated heterocycles. The minimum Gasteiger partial charge on any atom is -0.255 e. The number of nitrogens with zero attached hydrogens (tertiary/aromatic N) is 1. The summed E-state index contributed by atoms with van der Waals surface area (Å²) in [6, 6.07) is 24.9. The second kappa shape index (κ2) is 5.65. The van der Waals surface area contributed by atoms with Gasteiger partial charge in [0.25, 0.3) is 0 Å². The molecule has 4 rings (SSSR count). The van der Waals surface area contributed by atoms with E-state index in [0.717, 1.165) is 33.2 Å². The molecule has 1 heterocycles. The Labute approximate surface area is 134 Å². The maximum Gasteiger partial charge on any atom is 0.123 e. The summed E-state index contributed by atoms with van der Waals surface area (Å²) in [6.07, 6.45) is 1.81. The van der Waals surface area contributed by atoms with E-state index in [1.54, 1.807) is 12.1 Å². The van der Waals surface area contributed by atoms with E-state index >= 15 is 0 Å². The molecule has 110 valence electrons. The van der Waals surface area contributed by atoms with Crippen LogP contribution in [0.4, 0.5) is 4.39 Å². The van der Waals surface area contributed by atoms with Gasteiger partial charge in [-0.2, -0.15) is 0 Å². The van der Waals surface area contributed by atoms with Crippen molar-refractivity contribution in [1.29, 1.82) is 0 Å². The van der Waals surface area contributed by atoms with Crippen LogP contribution in [-0.2, 0) is 0 Å². The summed E-state index contributed by atoms with van der Waals surface area (Å²) in [5.41, 5.74) is 3.90. The lowest BCUT2D eigenvalue weighted by Crippen LogP contribution is -1.92. The summed E-state index contributed by atoms with van der Waals surface area (Å²) in [5, 5.41) is 1.81. The number of halogens is 1. The molecule has 0 radical (unpaired) electrons. The van der Waals surface area contributed by atoms with Crippen molar-refractivity contribution >= 4 is 10.8 Å². The molecule has 0 aliphatic carbocycles. The van der Waals surface area contributed by atoms with E-state index in [4.69, 9.17) is 0 Å². The summed E-state index contributed by atoms with van der Waals surface area (Å²) >= 11 is 0. The SMILES string of the molecule is Fc1ccc2cnc(-c3ccccc3)c(-c3ccccc3)c2c1. The summed E-state index contributed by atoms with van der Waals surface area (Å²) in [7, 11) is 0. The third-order valence-electron chi connectivity index (χ3n) is 3.96. The molecule has 23 heavy (non-hydrogen) atoms. The first-order valence-electron chi connectivity index (χ1n) is 7.52. The average Bonchev–Trinajstić information content (AvgIpc) is 2.62. The molecule has 0 fully saturated rings. The van der Waals surface area contributed by atoms with Gasteiger partial charge in [-0.25, -0.2) is 4.39 Å². The predicted octanol–water partition coefficient (Wildman–Crippen LogP) is 5.71. The zero-order valence-corrected chi connectivity index (χ0v) is 12.4. The fourth-order valence-corrected chi connectivity index (χ4v) is 2.90. The van der Waals surface area contributed by atoms with E-state index in [-0.39, 0.29) is 5.82 Å². The molecule has 4 aromatic rings. The molecule has 0 N–H and O–H groups in total. The van der Waals surface area contributed by atoms with Gasteiger partial charge in [0, 0.05) is 22.7 Å². The Morgan fingerprint density at radius 1 is 0.696 bits per heavy atom. The zero-order valence-electron chi connectivity index (χ0n) is 12.4. The van der Waals surface area contributed by atoms with Crippen LogP contribution in [0, 0.1) is 5.82 Å². The fraction of sp³-hybridized carbons (Fsp3) is 0. The molecule has 0 amide bonds. The van der Waals surface area contributed by atoms with Gasteiger partial charge in [0.15, 0.2) is 0 Å². The molecular formula is C21H14FN. The molecule has 1 nitrogen and oxygen atoms in total. The first-order chi connectivity index (χ1) is 11.3. The second-order valence-electron chi connectivity index (χ2n) is 5.45. The van der Waals surface area contributed by atoms with Gasteiger partial charge in [0.2, 0.25) is 0 Å². The molecule has 1 aromatic heterocycles. The van der Waals surface area contributed by atoms with Crippen molar-refractivity contribution < 1.29 is 4.39 Å². The Bertz CT molecular complexity index is 963. The van der Waals surface area contributed by atoms with E-state index in [9.17, 15) is 4.39 Å². The Hall–Kier alpha value is -3.00. The highest BCUT2D eigenvalue weighted by molar-refractivity contribution is 6.02. The molecule has 0 aliphatic heterocycles. The fourth-order valence-electron chi connectivity index (χ4n) is 2.90. The number of hydrogen-bond donors (Lipinski definition) is 0. The van der Waals surface area contributed by atoms with Crippen LogP contribution >= 0.6 is 0 Å². The Balaban J connectivity index is 2.11. The van der Waals surface area contributed by atoms with Gasteiger partial charge < -0.3 is 0 Å². The predicted molar refractivity (Wildman–Crippen MR) is 92.6 cm³/mol. The van der Waals surface area contributed by atoms with Gasteiger partial charge in [-0.3, -0.25) is 4.98 Å². The minimum absolute atomic E-state index is 0.236. The van der Waals surface area contributed by atoms with Crippen LogP contribution in [0.15, 0.2) is 85.1 Å². The Kier molecular flexibility index (Phi) is 3.35. The molecule has 0 bridgehead atoms. The summed E-state index contributed by atoms with van der Waals surface area (Å²) in [6.45, 7) is 0. The largest absolute Gasteiger partial charge is 0.255 e. The van der Waals surface area contributed by atoms with Gasteiger partial charge in [0.1, 0.15) is 5.82 Å². The third kappa shape index (κ3) is 2.49. The smallest absolute Gasteiger partial charge is 0.123 e. The van der Waals surface area contributed by atoms with Gasteiger partial charge in [-0.05, 0) is 29.1 Å². The quantitative estimate of drug-likeness (QED) is 0.462. The van der Waals surface area contributed by atoms with Crippen molar-refractivity contribution in [3.63, 3.8) is 0 Å². The number of benzene rings is 3. The van der Waals surface area contributed by atoms with Crippen molar-refractivity contribution in [2.45, 2.75) is 0 Å². The first-order valence-corrected chi connectivity index (χ1v) is 7.52. The maximum atomic E-state index is 13.8. The van der Waals surface area contributed by atoms with E-state index in [0.29, 0.717) is 0 Å². The van der Waals surface area contributed by atoms with Gasteiger partial charge in [-0.1, -0.05) is 60.7 Å². The van der Waals surface area contributed by atoms with Crippen LogP contribution in [0.25, 0.3) is 33.2 Å². The molecule has 0 saturated carbocycles. The molecule has 0 aliphatic rings. The highest BCUT2D eigenvalue weighted by atomic mass is 19.1. The third-order valence-corrected chi connectivity index (χ3v) is 3.96. The van der Waals surface area contributed by atoms with Gasteiger partial charge in [-0.15, -0.1) is 0 Å². The van der Waals surface area contributed by atoms with E-state index in [2.05, 4.69) is 4.98 Å². The Morgan fingerprint density at radius 3 is 2.04 bits per heavy atom. The van der Waals surface area contributed by atoms with E-state index in [1.165, 1.54) is 6.07 Å². The van der Waals surface area contributed by atoms with Crippen LogP contribution in [0.1, 0.15) is 0 Å². The molecular weight excluding hydrogens is 285 g/mol. The summed E-state index contributed by atoms with van der Waals surface area (Å²) in [5.74, 6) is -0.236. The highest BCUT2D eigenvalue weighted by Gasteiger charge is 2.13. The van der Waals surface area contributed by atoms with Crippen molar-refractivity contribution in [2.24, 2.45) is 0 Å². The second-order valence-corrected chi connectivity index (χ2v) is 5.45. The van der Waals surface area contributed by atoms with Crippen LogP contribution in [-0.4, -0.2) is 4.98 Å². The van der Waals surface area contributed by atoms with Crippen LogP contribution in [0.5, 0.6) is 0 Å². The number of rotatable bonds is 2. The van der Waals surface area contributed by atoms with E-state index in [1.807, 2.05) is 66.9 Å². The topological polar surface area (TPSA) is 12.9 Å². The number of hydrogen-bond acceptors (Lipinski definition) is 1. The van der Waals surface area contributed by atoms with Crippen molar-refractivity contribution in [1.82, 2.24) is 4.98 Å². The lowest BCUT2D eigenvalue weighted by atomic mass is 9.94. The van der Waals surface area contributed by atoms with Crippen molar-refractivity contribution in [2.75, 3.05) is 0 Å². The highest BCUT2D eigenvalue weighted by Crippen LogP contribution is 2.36. The molecule has 0 spiro atoms. The maximum absolute atomic E-state index is 13.8. The average molecular weight is 299 g/mol. The lowest BCUT2D eigenvalue weighted by Gasteiger charge is -2.13. The monoisotopic (exact) mass is 299 g/mol. The number of fused-ring (bicyclic) bond motifs is 1. The standard InChI is InChI=1S/C21H14FN/c22-18-12-11-17-14-23-21(16-9-5-2-6-10-16)20(19(17)13-18)15-7-3-1-4-8-15/h1-14H. The minimum atomic E-state index is -0.236. The summed E-state index contributed by atoms with van der Waals surface area (Å²) < 4.78 is 13.8. The van der Waals surface area contributed by atoms with Crippen molar-refractivity contribution in [3.05, 3.63) is 90.9 Å². The first kappa shape index (κ1) is 13.6. The van der Waals surface area contributed by atoms with Gasteiger partial charge in [0.05, 0.1) is 5.69 Å². The molecule has 0 atom stereocenters. The van der Waals surface area contributed by atoms with Crippen LogP contribution in [0.3, 0.4) is 0 Å². The molecule has 2 heteroatoms. The van der Waals surface area contributed by atoms with E-state index < -0.39 is 0 Å². The van der Waals surface area contributed by atoms with Crippen LogP contribution in [0.2, 0.25) is 0 Å². The van der Waals surface area contributed by atoms with Crippen molar-refractivity contribution in [3.8, 4) is 22.4 Å². The summed E-state index contributed by atoms with van der Waals surface area (Å²) in [4.78, 5) is 4.66. The molecule has 3 aromatic carbocycles. The zero-order chi connectivity index (χ0) is 15.6. The van der Waals surface area contributed by atoms with Gasteiger partial charge >= 0.3 is 0 Å². The molecule has 0 unspecified atom stereocenters. The van der Waals surface area contributed by atoms with Crippen LogP contribution < -0.4 is 0 Å². The number of aromatic nitrogens is 1.